The molecule has 0 atom stereocenters. The van der Waals surface area contributed by atoms with Gasteiger partial charge in [-0.25, -0.2) is 4.39 Å². The predicted octanol–water partition coefficient (Wildman–Crippen LogP) is 2.62. The monoisotopic (exact) mass is 274 g/mol. The fraction of sp³-hybridized carbons (Fsp3) is 0.455. The Morgan fingerprint density at radius 1 is 1.53 bits per heavy atom. The van der Waals surface area contributed by atoms with Crippen LogP contribution in [0.2, 0.25) is 0 Å². The highest BCUT2D eigenvalue weighted by atomic mass is 79.9. The molecule has 1 N–H and O–H groups in total. The first kappa shape index (κ1) is 10.9. The van der Waals surface area contributed by atoms with E-state index < -0.39 is 0 Å². The van der Waals surface area contributed by atoms with E-state index in [1.807, 2.05) is 6.07 Å². The quantitative estimate of drug-likeness (QED) is 0.918. The maximum absolute atomic E-state index is 13.6. The Labute approximate surface area is 96.2 Å². The van der Waals surface area contributed by atoms with Gasteiger partial charge < -0.3 is 9.84 Å². The summed E-state index contributed by atoms with van der Waals surface area (Å²) >= 11 is 3.25. The molecule has 0 saturated heterocycles. The minimum absolute atomic E-state index is 0.0409. The van der Waals surface area contributed by atoms with Crippen LogP contribution in [0.15, 0.2) is 16.6 Å². The smallest absolute Gasteiger partial charge is 0.166 e. The molecule has 2 nitrogen and oxygen atoms in total. The zero-order chi connectivity index (χ0) is 11.1. The molecule has 1 fully saturated rings. The van der Waals surface area contributed by atoms with Gasteiger partial charge in [-0.2, -0.15) is 0 Å². The fourth-order valence-electron chi connectivity index (χ4n) is 1.83. The van der Waals surface area contributed by atoms with Gasteiger partial charge in [-0.05, 0) is 25.0 Å². The van der Waals surface area contributed by atoms with Gasteiger partial charge in [0.05, 0.1) is 13.7 Å². The highest BCUT2D eigenvalue weighted by molar-refractivity contribution is 9.10. The molecule has 2 rings (SSSR count). The molecule has 0 aromatic heterocycles. The number of aliphatic hydroxyl groups is 1. The van der Waals surface area contributed by atoms with Crippen molar-refractivity contribution in [2.75, 3.05) is 13.7 Å². The van der Waals surface area contributed by atoms with Gasteiger partial charge in [0.15, 0.2) is 11.6 Å². The third-order valence-corrected chi connectivity index (χ3v) is 3.40. The van der Waals surface area contributed by atoms with E-state index in [1.54, 1.807) is 0 Å². The van der Waals surface area contributed by atoms with Crippen LogP contribution in [0, 0.1) is 5.82 Å². The van der Waals surface area contributed by atoms with Crippen molar-refractivity contribution in [2.45, 2.75) is 18.3 Å². The van der Waals surface area contributed by atoms with E-state index in [-0.39, 0.29) is 23.6 Å². The zero-order valence-electron chi connectivity index (χ0n) is 8.39. The molecule has 1 aromatic rings. The third kappa shape index (κ3) is 1.76. The lowest BCUT2D eigenvalue weighted by Gasteiger charge is -2.17. The standard InChI is InChI=1S/C11H12BrFO2/c1-15-10-8(11(6-14)2-3-11)4-7(12)5-9(10)13/h4-5,14H,2-3,6H2,1H3. The van der Waals surface area contributed by atoms with Crippen LogP contribution in [0.4, 0.5) is 4.39 Å². The van der Waals surface area contributed by atoms with Crippen molar-refractivity contribution in [1.82, 2.24) is 0 Å². The van der Waals surface area contributed by atoms with E-state index in [0.29, 0.717) is 4.47 Å². The summed E-state index contributed by atoms with van der Waals surface area (Å²) in [5, 5.41) is 9.32. The number of ether oxygens (including phenoxy) is 1. The molecule has 0 aliphatic heterocycles. The highest BCUT2D eigenvalue weighted by Gasteiger charge is 2.46. The number of rotatable bonds is 3. The van der Waals surface area contributed by atoms with Crippen molar-refractivity contribution in [3.05, 3.63) is 28.0 Å². The van der Waals surface area contributed by atoms with Gasteiger partial charge in [-0.1, -0.05) is 15.9 Å². The first-order valence-electron chi connectivity index (χ1n) is 4.77. The van der Waals surface area contributed by atoms with Crippen molar-refractivity contribution in [3.63, 3.8) is 0 Å². The third-order valence-electron chi connectivity index (χ3n) is 2.94. The van der Waals surface area contributed by atoms with Crippen molar-refractivity contribution in [1.29, 1.82) is 0 Å². The van der Waals surface area contributed by atoms with Crippen LogP contribution in [0.3, 0.4) is 0 Å². The van der Waals surface area contributed by atoms with Crippen LogP contribution < -0.4 is 4.74 Å². The minimum Gasteiger partial charge on any atom is -0.493 e. The van der Waals surface area contributed by atoms with Crippen LogP contribution in [0.1, 0.15) is 18.4 Å². The summed E-state index contributed by atoms with van der Waals surface area (Å²) in [6.45, 7) is 0.0409. The van der Waals surface area contributed by atoms with E-state index in [4.69, 9.17) is 4.74 Å². The van der Waals surface area contributed by atoms with Crippen LogP contribution in [0.5, 0.6) is 5.75 Å². The molecule has 1 aliphatic carbocycles. The Bertz CT molecular complexity index is 388. The van der Waals surface area contributed by atoms with Gasteiger partial charge >= 0.3 is 0 Å². The van der Waals surface area contributed by atoms with Crippen molar-refractivity contribution < 1.29 is 14.2 Å². The summed E-state index contributed by atoms with van der Waals surface area (Å²) in [4.78, 5) is 0. The molecule has 0 spiro atoms. The summed E-state index contributed by atoms with van der Waals surface area (Å²) < 4.78 is 19.3. The average molecular weight is 275 g/mol. The number of benzene rings is 1. The Morgan fingerprint density at radius 2 is 2.20 bits per heavy atom. The van der Waals surface area contributed by atoms with Crippen molar-refractivity contribution in [2.24, 2.45) is 0 Å². The van der Waals surface area contributed by atoms with Crippen LogP contribution >= 0.6 is 15.9 Å². The molecule has 0 unspecified atom stereocenters. The van der Waals surface area contributed by atoms with Gasteiger partial charge in [0.2, 0.25) is 0 Å². The molecule has 0 heterocycles. The molecular formula is C11H12BrFO2. The second-order valence-electron chi connectivity index (χ2n) is 3.91. The van der Waals surface area contributed by atoms with Gasteiger partial charge in [-0.3, -0.25) is 0 Å². The normalized spacial score (nSPS) is 17.6. The van der Waals surface area contributed by atoms with E-state index in [9.17, 15) is 9.50 Å². The summed E-state index contributed by atoms with van der Waals surface area (Å²) in [5.41, 5.74) is 0.482. The van der Waals surface area contributed by atoms with Crippen molar-refractivity contribution >= 4 is 15.9 Å². The lowest BCUT2D eigenvalue weighted by molar-refractivity contribution is 0.250. The van der Waals surface area contributed by atoms with Gasteiger partial charge in [0.1, 0.15) is 0 Å². The molecule has 0 amide bonds. The fourth-order valence-corrected chi connectivity index (χ4v) is 2.26. The van der Waals surface area contributed by atoms with Crippen LogP contribution in [-0.2, 0) is 5.41 Å². The Kier molecular flexibility index (Phi) is 2.73. The Balaban J connectivity index is 2.54. The SMILES string of the molecule is COc1c(F)cc(Br)cc1C1(CO)CC1. The molecule has 82 valence electrons. The summed E-state index contributed by atoms with van der Waals surface area (Å²) in [6.07, 6.45) is 1.77. The minimum atomic E-state index is -0.387. The largest absolute Gasteiger partial charge is 0.493 e. The van der Waals surface area contributed by atoms with Gasteiger partial charge in [0.25, 0.3) is 0 Å². The highest BCUT2D eigenvalue weighted by Crippen LogP contribution is 2.52. The van der Waals surface area contributed by atoms with Crippen LogP contribution in [0.25, 0.3) is 0 Å². The summed E-state index contributed by atoms with van der Waals surface area (Å²) in [6, 6.07) is 3.20. The molecule has 1 aromatic carbocycles. The zero-order valence-corrected chi connectivity index (χ0v) is 9.97. The maximum atomic E-state index is 13.6. The molecule has 0 radical (unpaired) electrons. The Morgan fingerprint density at radius 3 is 2.67 bits per heavy atom. The number of hydrogen-bond donors (Lipinski definition) is 1. The first-order valence-corrected chi connectivity index (χ1v) is 5.56. The molecule has 15 heavy (non-hydrogen) atoms. The Hall–Kier alpha value is -0.610. The number of aliphatic hydroxyl groups excluding tert-OH is 1. The molecular weight excluding hydrogens is 263 g/mol. The number of halogens is 2. The van der Waals surface area contributed by atoms with E-state index in [2.05, 4.69) is 15.9 Å². The van der Waals surface area contributed by atoms with Gasteiger partial charge in [0, 0.05) is 15.5 Å². The van der Waals surface area contributed by atoms with E-state index in [1.165, 1.54) is 13.2 Å². The second kappa shape index (κ2) is 3.76. The molecule has 4 heteroatoms. The van der Waals surface area contributed by atoms with E-state index >= 15 is 0 Å². The van der Waals surface area contributed by atoms with Crippen LogP contribution in [-0.4, -0.2) is 18.8 Å². The maximum Gasteiger partial charge on any atom is 0.166 e. The predicted molar refractivity (Wildman–Crippen MR) is 58.6 cm³/mol. The number of hydrogen-bond acceptors (Lipinski definition) is 2. The first-order chi connectivity index (χ1) is 7.13. The summed E-state index contributed by atoms with van der Waals surface area (Å²) in [7, 11) is 1.45. The lowest BCUT2D eigenvalue weighted by Crippen LogP contribution is -2.14. The van der Waals surface area contributed by atoms with Crippen molar-refractivity contribution in [3.8, 4) is 5.75 Å². The second-order valence-corrected chi connectivity index (χ2v) is 4.82. The van der Waals surface area contributed by atoms with Gasteiger partial charge in [-0.15, -0.1) is 0 Å². The molecule has 0 bridgehead atoms. The number of methoxy groups -OCH3 is 1. The average Bonchev–Trinajstić information content (AvgIpc) is 2.97. The molecule has 1 saturated carbocycles. The topological polar surface area (TPSA) is 29.5 Å². The summed E-state index contributed by atoms with van der Waals surface area (Å²) in [5.74, 6) is -0.133. The van der Waals surface area contributed by atoms with E-state index in [0.717, 1.165) is 18.4 Å². The molecule has 1 aliphatic rings. The lowest BCUT2D eigenvalue weighted by atomic mass is 9.96.